The number of hydrogen-bond acceptors (Lipinski definition) is 6. The minimum Gasteiger partial charge on any atom is -0.479 e. The number of fused-ring (bicyclic) bond motifs is 1. The van der Waals surface area contributed by atoms with Crippen LogP contribution in [0.4, 0.5) is 5.69 Å². The lowest BCUT2D eigenvalue weighted by molar-refractivity contribution is -0.127. The number of benzene rings is 1. The van der Waals surface area contributed by atoms with E-state index in [0.717, 1.165) is 22.0 Å². The van der Waals surface area contributed by atoms with E-state index in [4.69, 9.17) is 4.74 Å². The molecule has 0 N–H and O–H groups in total. The highest BCUT2D eigenvalue weighted by atomic mass is 32.1. The third-order valence-corrected chi connectivity index (χ3v) is 5.10. The summed E-state index contributed by atoms with van der Waals surface area (Å²) in [6.07, 6.45) is 1.12. The minimum absolute atomic E-state index is 0.0270. The molecule has 0 saturated carbocycles. The van der Waals surface area contributed by atoms with Crippen LogP contribution in [0, 0.1) is 0 Å². The SMILES string of the molecule is CC(=O)CN1C(=O)C(C)Oc2ccc(-c3csc(-c4ccccn4)n3)cc21. The third kappa shape index (κ3) is 3.33. The highest BCUT2D eigenvalue weighted by Crippen LogP contribution is 2.38. The Labute approximate surface area is 160 Å². The van der Waals surface area contributed by atoms with Crippen molar-refractivity contribution in [2.75, 3.05) is 11.4 Å². The fourth-order valence-electron chi connectivity index (χ4n) is 2.97. The van der Waals surface area contributed by atoms with Crippen molar-refractivity contribution in [3.8, 4) is 27.7 Å². The molecule has 1 aliphatic rings. The smallest absolute Gasteiger partial charge is 0.268 e. The third-order valence-electron chi connectivity index (χ3n) is 4.23. The summed E-state index contributed by atoms with van der Waals surface area (Å²) in [5.41, 5.74) is 3.06. The number of ether oxygens (including phenoxy) is 1. The molecule has 1 atom stereocenters. The van der Waals surface area contributed by atoms with Crippen LogP contribution >= 0.6 is 11.3 Å². The van der Waals surface area contributed by atoms with Gasteiger partial charge in [-0.2, -0.15) is 0 Å². The monoisotopic (exact) mass is 379 g/mol. The molecule has 2 aromatic heterocycles. The predicted molar refractivity (Wildman–Crippen MR) is 104 cm³/mol. The Kier molecular flexibility index (Phi) is 4.45. The van der Waals surface area contributed by atoms with Gasteiger partial charge in [0.2, 0.25) is 0 Å². The summed E-state index contributed by atoms with van der Waals surface area (Å²) in [7, 11) is 0. The summed E-state index contributed by atoms with van der Waals surface area (Å²) in [6.45, 7) is 3.18. The molecule has 1 unspecified atom stereocenters. The lowest BCUT2D eigenvalue weighted by Crippen LogP contribution is -2.46. The molecule has 0 fully saturated rings. The van der Waals surface area contributed by atoms with Crippen LogP contribution in [-0.4, -0.2) is 34.3 Å². The number of ketones is 1. The number of pyridine rings is 1. The van der Waals surface area contributed by atoms with E-state index < -0.39 is 6.10 Å². The van der Waals surface area contributed by atoms with E-state index >= 15 is 0 Å². The van der Waals surface area contributed by atoms with E-state index in [-0.39, 0.29) is 18.2 Å². The van der Waals surface area contributed by atoms with Crippen molar-refractivity contribution in [2.45, 2.75) is 20.0 Å². The lowest BCUT2D eigenvalue weighted by Gasteiger charge is -2.32. The molecule has 1 aromatic carbocycles. The predicted octanol–water partition coefficient (Wildman–Crippen LogP) is 3.58. The van der Waals surface area contributed by atoms with Gasteiger partial charge in [0.05, 0.1) is 23.6 Å². The molecular weight excluding hydrogens is 362 g/mol. The summed E-state index contributed by atoms with van der Waals surface area (Å²) >= 11 is 1.51. The fourth-order valence-corrected chi connectivity index (χ4v) is 3.77. The number of hydrogen-bond donors (Lipinski definition) is 0. The molecule has 0 radical (unpaired) electrons. The van der Waals surface area contributed by atoms with Crippen LogP contribution in [0.3, 0.4) is 0 Å². The van der Waals surface area contributed by atoms with Gasteiger partial charge < -0.3 is 4.74 Å². The zero-order chi connectivity index (χ0) is 19.0. The van der Waals surface area contributed by atoms with Gasteiger partial charge in [-0.3, -0.25) is 19.5 Å². The minimum atomic E-state index is -0.613. The number of aromatic nitrogens is 2. The number of anilines is 1. The maximum Gasteiger partial charge on any atom is 0.268 e. The van der Waals surface area contributed by atoms with Gasteiger partial charge in [0.1, 0.15) is 16.5 Å². The quantitative estimate of drug-likeness (QED) is 0.693. The molecule has 7 heteroatoms. The van der Waals surface area contributed by atoms with E-state index in [1.807, 2.05) is 41.8 Å². The van der Waals surface area contributed by atoms with Crippen LogP contribution in [0.15, 0.2) is 48.0 Å². The molecule has 0 bridgehead atoms. The second kappa shape index (κ2) is 6.92. The first-order valence-corrected chi connectivity index (χ1v) is 9.39. The van der Waals surface area contributed by atoms with Crippen LogP contribution in [0.1, 0.15) is 13.8 Å². The molecule has 136 valence electrons. The molecule has 6 nitrogen and oxygen atoms in total. The second-order valence-corrected chi connectivity index (χ2v) is 7.18. The Hall–Kier alpha value is -3.06. The van der Waals surface area contributed by atoms with Crippen molar-refractivity contribution >= 4 is 28.7 Å². The highest BCUT2D eigenvalue weighted by Gasteiger charge is 2.32. The number of carbonyl (C=O) groups is 2. The molecule has 0 saturated heterocycles. The maximum atomic E-state index is 12.5. The molecule has 3 heterocycles. The Morgan fingerprint density at radius 3 is 2.85 bits per heavy atom. The van der Waals surface area contributed by atoms with E-state index in [1.165, 1.54) is 23.2 Å². The van der Waals surface area contributed by atoms with Crippen LogP contribution in [0.25, 0.3) is 22.0 Å². The van der Waals surface area contributed by atoms with Gasteiger partial charge in [-0.25, -0.2) is 4.98 Å². The first-order valence-electron chi connectivity index (χ1n) is 8.52. The Morgan fingerprint density at radius 1 is 1.26 bits per heavy atom. The van der Waals surface area contributed by atoms with E-state index in [0.29, 0.717) is 11.4 Å². The van der Waals surface area contributed by atoms with Crippen molar-refractivity contribution in [3.63, 3.8) is 0 Å². The fraction of sp³-hybridized carbons (Fsp3) is 0.200. The number of nitrogens with zero attached hydrogens (tertiary/aromatic N) is 3. The molecule has 4 rings (SSSR count). The largest absolute Gasteiger partial charge is 0.479 e. The van der Waals surface area contributed by atoms with Gasteiger partial charge in [0, 0.05) is 17.1 Å². The normalized spacial score (nSPS) is 16.0. The summed E-state index contributed by atoms with van der Waals surface area (Å²) < 4.78 is 5.69. The zero-order valence-corrected chi connectivity index (χ0v) is 15.7. The average molecular weight is 379 g/mol. The number of Topliss-reactive ketones (excluding diaryl/α,β-unsaturated/α-hetero) is 1. The summed E-state index contributed by atoms with van der Waals surface area (Å²) in [4.78, 5) is 34.6. The Morgan fingerprint density at radius 2 is 2.11 bits per heavy atom. The van der Waals surface area contributed by atoms with Gasteiger partial charge in [-0.05, 0) is 44.2 Å². The van der Waals surface area contributed by atoms with E-state index in [9.17, 15) is 9.59 Å². The first-order chi connectivity index (χ1) is 13.0. The van der Waals surface area contributed by atoms with Gasteiger partial charge in [-0.15, -0.1) is 11.3 Å². The van der Waals surface area contributed by atoms with Crippen molar-refractivity contribution in [1.82, 2.24) is 9.97 Å². The van der Waals surface area contributed by atoms with E-state index in [2.05, 4.69) is 9.97 Å². The van der Waals surface area contributed by atoms with Crippen molar-refractivity contribution in [3.05, 3.63) is 48.0 Å². The molecule has 0 spiro atoms. The van der Waals surface area contributed by atoms with Crippen LogP contribution in [0.5, 0.6) is 5.75 Å². The first kappa shape index (κ1) is 17.4. The lowest BCUT2D eigenvalue weighted by atomic mass is 10.1. The summed E-state index contributed by atoms with van der Waals surface area (Å²) in [6, 6.07) is 11.3. The number of thiazole rings is 1. The molecule has 27 heavy (non-hydrogen) atoms. The second-order valence-electron chi connectivity index (χ2n) is 6.32. The molecule has 1 amide bonds. The summed E-state index contributed by atoms with van der Waals surface area (Å²) in [5, 5.41) is 2.78. The number of carbonyl (C=O) groups excluding carboxylic acids is 2. The van der Waals surface area contributed by atoms with Crippen LogP contribution in [0.2, 0.25) is 0 Å². The van der Waals surface area contributed by atoms with Crippen LogP contribution in [-0.2, 0) is 9.59 Å². The Balaban J connectivity index is 1.72. The van der Waals surface area contributed by atoms with Gasteiger partial charge in [-0.1, -0.05) is 6.07 Å². The Bertz CT molecular complexity index is 1020. The van der Waals surface area contributed by atoms with Crippen molar-refractivity contribution in [1.29, 1.82) is 0 Å². The highest BCUT2D eigenvalue weighted by molar-refractivity contribution is 7.13. The molecule has 0 aliphatic carbocycles. The molecular formula is C20H17N3O3S. The van der Waals surface area contributed by atoms with Crippen molar-refractivity contribution in [2.24, 2.45) is 0 Å². The van der Waals surface area contributed by atoms with Gasteiger partial charge in [0.25, 0.3) is 5.91 Å². The van der Waals surface area contributed by atoms with Crippen LogP contribution < -0.4 is 9.64 Å². The molecule has 3 aromatic rings. The van der Waals surface area contributed by atoms with Crippen molar-refractivity contribution < 1.29 is 14.3 Å². The molecule has 1 aliphatic heterocycles. The number of rotatable bonds is 4. The topological polar surface area (TPSA) is 72.4 Å². The van der Waals surface area contributed by atoms with E-state index in [1.54, 1.807) is 13.1 Å². The standard InChI is InChI=1S/C20H17N3O3S/c1-12(24)10-23-17-9-14(6-7-18(17)26-13(2)20(23)25)16-11-27-19(22-16)15-5-3-4-8-21-15/h3-9,11,13H,10H2,1-2H3. The zero-order valence-electron chi connectivity index (χ0n) is 14.9. The number of amides is 1. The average Bonchev–Trinajstić information content (AvgIpc) is 3.16. The maximum absolute atomic E-state index is 12.5. The summed E-state index contributed by atoms with van der Waals surface area (Å²) in [5.74, 6) is 0.287. The van der Waals surface area contributed by atoms with Gasteiger partial charge >= 0.3 is 0 Å². The van der Waals surface area contributed by atoms with Gasteiger partial charge in [0.15, 0.2) is 6.10 Å².